The van der Waals surface area contributed by atoms with Crippen molar-refractivity contribution in [1.82, 2.24) is 0 Å². The van der Waals surface area contributed by atoms with E-state index in [1.807, 2.05) is 0 Å². The van der Waals surface area contributed by atoms with Crippen molar-refractivity contribution in [2.75, 3.05) is 0 Å². The molecule has 2 aliphatic carbocycles. The molecule has 20 heavy (non-hydrogen) atoms. The first kappa shape index (κ1) is 13.4. The van der Waals surface area contributed by atoms with Crippen LogP contribution in [0.15, 0.2) is 18.2 Å². The van der Waals surface area contributed by atoms with Gasteiger partial charge in [0.25, 0.3) is 5.69 Å². The van der Waals surface area contributed by atoms with E-state index in [1.54, 1.807) is 0 Å². The number of carbonyl (C=O) groups is 1. The summed E-state index contributed by atoms with van der Waals surface area (Å²) < 4.78 is 0. The second kappa shape index (κ2) is 4.45. The SMILES string of the molecule is O=C(O)C1(Cc2cc(Cl)ccc2[N+](=O)[O-])CC2CC2C1. The molecule has 0 bridgehead atoms. The number of nitrogens with zero attached hydrogens (tertiary/aromatic N) is 1. The number of fused-ring (bicyclic) bond motifs is 1. The fourth-order valence-corrected chi connectivity index (χ4v) is 3.73. The van der Waals surface area contributed by atoms with Crippen LogP contribution in [0, 0.1) is 27.4 Å². The molecule has 3 rings (SSSR count). The van der Waals surface area contributed by atoms with E-state index in [0.29, 0.717) is 35.3 Å². The number of benzene rings is 1. The van der Waals surface area contributed by atoms with Gasteiger partial charge in [-0.1, -0.05) is 11.6 Å². The number of hydrogen-bond donors (Lipinski definition) is 1. The van der Waals surface area contributed by atoms with Gasteiger partial charge >= 0.3 is 5.97 Å². The molecule has 0 aromatic heterocycles. The van der Waals surface area contributed by atoms with Crippen molar-refractivity contribution < 1.29 is 14.8 Å². The number of carboxylic acids is 1. The first-order valence-electron chi connectivity index (χ1n) is 6.57. The fraction of sp³-hybridized carbons (Fsp3) is 0.500. The zero-order valence-electron chi connectivity index (χ0n) is 10.7. The van der Waals surface area contributed by atoms with Crippen molar-refractivity contribution in [3.05, 3.63) is 38.9 Å². The van der Waals surface area contributed by atoms with Gasteiger partial charge in [-0.25, -0.2) is 0 Å². The van der Waals surface area contributed by atoms with E-state index in [4.69, 9.17) is 11.6 Å². The van der Waals surface area contributed by atoms with E-state index in [9.17, 15) is 20.0 Å². The second-order valence-corrected chi connectivity index (χ2v) is 6.39. The molecule has 1 aromatic carbocycles. The molecule has 0 amide bonds. The van der Waals surface area contributed by atoms with Crippen LogP contribution in [0.4, 0.5) is 5.69 Å². The normalized spacial score (nSPS) is 30.9. The summed E-state index contributed by atoms with van der Waals surface area (Å²) in [5, 5.41) is 21.0. The standard InChI is InChI=1S/C14H14ClNO4/c15-11-1-2-12(16(19)20)10(4-11)7-14(13(17)18)5-8-3-9(8)6-14/h1-2,4,8-9H,3,5-7H2,(H,17,18). The van der Waals surface area contributed by atoms with Crippen LogP contribution in [0.2, 0.25) is 5.02 Å². The highest BCUT2D eigenvalue weighted by atomic mass is 35.5. The van der Waals surface area contributed by atoms with Crippen molar-refractivity contribution in [3.8, 4) is 0 Å². The fourth-order valence-electron chi connectivity index (χ4n) is 3.53. The lowest BCUT2D eigenvalue weighted by atomic mass is 9.77. The van der Waals surface area contributed by atoms with Gasteiger partial charge in [-0.05, 0) is 49.7 Å². The number of rotatable bonds is 4. The topological polar surface area (TPSA) is 80.4 Å². The largest absolute Gasteiger partial charge is 0.481 e. The molecule has 0 radical (unpaired) electrons. The second-order valence-electron chi connectivity index (χ2n) is 5.96. The minimum absolute atomic E-state index is 0.0457. The van der Waals surface area contributed by atoms with Crippen LogP contribution in [0.3, 0.4) is 0 Å². The van der Waals surface area contributed by atoms with Gasteiger partial charge in [0, 0.05) is 16.7 Å². The average molecular weight is 296 g/mol. The number of aliphatic carboxylic acids is 1. The van der Waals surface area contributed by atoms with Crippen LogP contribution >= 0.6 is 11.6 Å². The third kappa shape index (κ3) is 2.16. The van der Waals surface area contributed by atoms with Crippen LogP contribution in [0.1, 0.15) is 24.8 Å². The minimum Gasteiger partial charge on any atom is -0.481 e. The molecule has 106 valence electrons. The maximum absolute atomic E-state index is 11.7. The Kier molecular flexibility index (Phi) is 2.97. The summed E-state index contributed by atoms with van der Waals surface area (Å²) >= 11 is 5.90. The maximum atomic E-state index is 11.7. The molecular formula is C14H14ClNO4. The molecule has 1 N–H and O–H groups in total. The van der Waals surface area contributed by atoms with Gasteiger partial charge in [-0.3, -0.25) is 14.9 Å². The first-order chi connectivity index (χ1) is 9.41. The van der Waals surface area contributed by atoms with Crippen LogP contribution < -0.4 is 0 Å². The molecular weight excluding hydrogens is 282 g/mol. The van der Waals surface area contributed by atoms with Crippen molar-refractivity contribution >= 4 is 23.3 Å². The predicted molar refractivity (Wildman–Crippen MR) is 72.7 cm³/mol. The highest BCUT2D eigenvalue weighted by Crippen LogP contribution is 2.61. The van der Waals surface area contributed by atoms with Gasteiger partial charge in [0.2, 0.25) is 0 Å². The molecule has 0 spiro atoms. The number of nitro groups is 1. The average Bonchev–Trinajstić information content (AvgIpc) is 2.97. The third-order valence-electron chi connectivity index (χ3n) is 4.60. The smallest absolute Gasteiger partial charge is 0.309 e. The summed E-state index contributed by atoms with van der Waals surface area (Å²) in [4.78, 5) is 22.3. The number of hydrogen-bond acceptors (Lipinski definition) is 3. The molecule has 2 saturated carbocycles. The van der Waals surface area contributed by atoms with Gasteiger partial charge in [-0.2, -0.15) is 0 Å². The lowest BCUT2D eigenvalue weighted by molar-refractivity contribution is -0.385. The summed E-state index contributed by atoms with van der Waals surface area (Å²) in [5.41, 5.74) is -0.481. The Morgan fingerprint density at radius 1 is 1.45 bits per heavy atom. The van der Waals surface area contributed by atoms with Crippen LogP contribution in [0.25, 0.3) is 0 Å². The van der Waals surface area contributed by atoms with Gasteiger partial charge in [0.1, 0.15) is 0 Å². The quantitative estimate of drug-likeness (QED) is 0.682. The molecule has 2 atom stereocenters. The van der Waals surface area contributed by atoms with Gasteiger partial charge < -0.3 is 5.11 Å². The number of halogens is 1. The van der Waals surface area contributed by atoms with E-state index in [2.05, 4.69) is 0 Å². The minimum atomic E-state index is -0.858. The van der Waals surface area contributed by atoms with Gasteiger partial charge in [0.15, 0.2) is 0 Å². The Bertz CT molecular complexity index is 591. The van der Waals surface area contributed by atoms with E-state index < -0.39 is 16.3 Å². The summed E-state index contributed by atoms with van der Waals surface area (Å²) in [6.07, 6.45) is 2.53. The summed E-state index contributed by atoms with van der Waals surface area (Å²) in [5.74, 6) is 0.132. The molecule has 0 aliphatic heterocycles. The Morgan fingerprint density at radius 3 is 2.65 bits per heavy atom. The predicted octanol–water partition coefficient (Wildman–Crippen LogP) is 3.29. The molecule has 5 nitrogen and oxygen atoms in total. The molecule has 2 fully saturated rings. The number of carboxylic acid groups (broad SMARTS) is 1. The van der Waals surface area contributed by atoms with Crippen LogP contribution in [-0.4, -0.2) is 16.0 Å². The van der Waals surface area contributed by atoms with Crippen molar-refractivity contribution in [1.29, 1.82) is 0 Å². The maximum Gasteiger partial charge on any atom is 0.309 e. The van der Waals surface area contributed by atoms with E-state index in [-0.39, 0.29) is 12.1 Å². The molecule has 0 saturated heterocycles. The van der Waals surface area contributed by atoms with E-state index in [0.717, 1.165) is 6.42 Å². The molecule has 1 aromatic rings. The Labute approximate surface area is 120 Å². The third-order valence-corrected chi connectivity index (χ3v) is 4.83. The highest BCUT2D eigenvalue weighted by Gasteiger charge is 2.57. The first-order valence-corrected chi connectivity index (χ1v) is 6.95. The lowest BCUT2D eigenvalue weighted by Crippen LogP contribution is -2.32. The number of nitro benzene ring substituents is 1. The van der Waals surface area contributed by atoms with Crippen LogP contribution in [0.5, 0.6) is 0 Å². The molecule has 2 aliphatic rings. The monoisotopic (exact) mass is 295 g/mol. The highest BCUT2D eigenvalue weighted by molar-refractivity contribution is 6.30. The van der Waals surface area contributed by atoms with Gasteiger partial charge in [0.05, 0.1) is 10.3 Å². The molecule has 2 unspecified atom stereocenters. The Morgan fingerprint density at radius 2 is 2.10 bits per heavy atom. The Balaban J connectivity index is 1.95. The van der Waals surface area contributed by atoms with Crippen molar-refractivity contribution in [2.45, 2.75) is 25.7 Å². The van der Waals surface area contributed by atoms with E-state index >= 15 is 0 Å². The lowest BCUT2D eigenvalue weighted by Gasteiger charge is -2.25. The van der Waals surface area contributed by atoms with Crippen molar-refractivity contribution in [2.24, 2.45) is 17.3 Å². The summed E-state index contributed by atoms with van der Waals surface area (Å²) in [6.45, 7) is 0. The van der Waals surface area contributed by atoms with Gasteiger partial charge in [-0.15, -0.1) is 0 Å². The van der Waals surface area contributed by atoms with E-state index in [1.165, 1.54) is 18.2 Å². The zero-order chi connectivity index (χ0) is 14.5. The molecule has 6 heteroatoms. The van der Waals surface area contributed by atoms with Crippen molar-refractivity contribution in [3.63, 3.8) is 0 Å². The molecule has 0 heterocycles. The Hall–Kier alpha value is -1.62. The zero-order valence-corrected chi connectivity index (χ0v) is 11.5. The summed E-state index contributed by atoms with van der Waals surface area (Å²) in [6, 6.07) is 4.33. The summed E-state index contributed by atoms with van der Waals surface area (Å²) in [7, 11) is 0. The van der Waals surface area contributed by atoms with Crippen LogP contribution in [-0.2, 0) is 11.2 Å².